The van der Waals surface area contributed by atoms with Crippen molar-refractivity contribution in [2.45, 2.75) is 36.6 Å². The Morgan fingerprint density at radius 1 is 1.44 bits per heavy atom. The van der Waals surface area contributed by atoms with Gasteiger partial charge in [0.25, 0.3) is 0 Å². The molecule has 1 aromatic rings. The Hall–Kier alpha value is -0.510. The molecule has 16 heavy (non-hydrogen) atoms. The summed E-state index contributed by atoms with van der Waals surface area (Å²) in [6, 6.07) is 8.84. The van der Waals surface area contributed by atoms with Crippen LogP contribution in [0.1, 0.15) is 37.3 Å². The summed E-state index contributed by atoms with van der Waals surface area (Å²) in [4.78, 5) is 1.33. The molecule has 88 valence electrons. The quantitative estimate of drug-likeness (QED) is 0.453. The molecule has 1 fully saturated rings. The second-order valence-corrected chi connectivity index (χ2v) is 5.33. The molecule has 1 unspecified atom stereocenters. The number of hydrazine groups is 1. The lowest BCUT2D eigenvalue weighted by atomic mass is 10.0. The van der Waals surface area contributed by atoms with Gasteiger partial charge in [-0.05, 0) is 36.6 Å². The van der Waals surface area contributed by atoms with Crippen molar-refractivity contribution >= 4 is 11.8 Å². The van der Waals surface area contributed by atoms with Gasteiger partial charge in [-0.2, -0.15) is 0 Å². The molecule has 0 aromatic heterocycles. The van der Waals surface area contributed by atoms with Crippen molar-refractivity contribution in [3.05, 3.63) is 29.8 Å². The van der Waals surface area contributed by atoms with Crippen LogP contribution in [0, 0.1) is 5.92 Å². The van der Waals surface area contributed by atoms with Crippen LogP contribution in [0.4, 0.5) is 0 Å². The highest BCUT2D eigenvalue weighted by atomic mass is 32.2. The number of nitrogens with two attached hydrogens (primary N) is 1. The molecule has 0 spiro atoms. The van der Waals surface area contributed by atoms with Crippen molar-refractivity contribution in [3.8, 4) is 0 Å². The fourth-order valence-electron chi connectivity index (χ4n) is 2.09. The zero-order valence-corrected chi connectivity index (χ0v) is 10.6. The zero-order valence-electron chi connectivity index (χ0n) is 9.78. The summed E-state index contributed by atoms with van der Waals surface area (Å²) < 4.78 is 0. The van der Waals surface area contributed by atoms with E-state index in [2.05, 4.69) is 35.9 Å². The molecule has 0 saturated heterocycles. The molecule has 3 N–H and O–H groups in total. The Morgan fingerprint density at radius 2 is 2.19 bits per heavy atom. The molecule has 0 amide bonds. The number of thioether (sulfide) groups is 1. The van der Waals surface area contributed by atoms with Gasteiger partial charge in [0.05, 0.1) is 0 Å². The van der Waals surface area contributed by atoms with E-state index in [1.54, 1.807) is 11.8 Å². The molecule has 1 atom stereocenters. The van der Waals surface area contributed by atoms with Crippen LogP contribution in [0.3, 0.4) is 0 Å². The Balaban J connectivity index is 2.04. The summed E-state index contributed by atoms with van der Waals surface area (Å²) in [7, 11) is 0. The Bertz CT molecular complexity index is 336. The molecule has 3 heteroatoms. The van der Waals surface area contributed by atoms with Gasteiger partial charge in [0.1, 0.15) is 0 Å². The number of hydrogen-bond donors (Lipinski definition) is 2. The topological polar surface area (TPSA) is 38.0 Å². The van der Waals surface area contributed by atoms with Crippen LogP contribution in [-0.4, -0.2) is 6.26 Å². The van der Waals surface area contributed by atoms with Crippen LogP contribution >= 0.6 is 11.8 Å². The van der Waals surface area contributed by atoms with Crippen molar-refractivity contribution in [2.75, 3.05) is 6.26 Å². The molecule has 0 aliphatic heterocycles. The predicted octanol–water partition coefficient (Wildman–Crippen LogP) is 3.10. The van der Waals surface area contributed by atoms with Crippen LogP contribution in [0.15, 0.2) is 29.2 Å². The van der Waals surface area contributed by atoms with E-state index in [-0.39, 0.29) is 0 Å². The van der Waals surface area contributed by atoms with Gasteiger partial charge in [-0.25, -0.2) is 0 Å². The van der Waals surface area contributed by atoms with E-state index in [1.165, 1.54) is 29.7 Å². The van der Waals surface area contributed by atoms with Crippen molar-refractivity contribution in [3.63, 3.8) is 0 Å². The molecule has 0 bridgehead atoms. The molecule has 2 nitrogen and oxygen atoms in total. The van der Waals surface area contributed by atoms with Gasteiger partial charge >= 0.3 is 0 Å². The third-order valence-electron chi connectivity index (χ3n) is 3.28. The number of nitrogens with one attached hydrogen (secondary N) is 1. The maximum atomic E-state index is 5.68. The third kappa shape index (κ3) is 3.00. The summed E-state index contributed by atoms with van der Waals surface area (Å²) in [5.41, 5.74) is 4.31. The van der Waals surface area contributed by atoms with E-state index < -0.39 is 0 Å². The van der Waals surface area contributed by atoms with Gasteiger partial charge in [-0.1, -0.05) is 31.0 Å². The van der Waals surface area contributed by atoms with Crippen LogP contribution in [0.25, 0.3) is 0 Å². The van der Waals surface area contributed by atoms with Crippen LogP contribution in [-0.2, 0) is 0 Å². The number of benzene rings is 1. The fraction of sp³-hybridized carbons (Fsp3) is 0.538. The fourth-order valence-corrected chi connectivity index (χ4v) is 2.75. The van der Waals surface area contributed by atoms with Gasteiger partial charge in [0, 0.05) is 10.9 Å². The minimum atomic E-state index is 0.309. The average Bonchev–Trinajstić information content (AvgIpc) is 3.14. The molecule has 1 saturated carbocycles. The summed E-state index contributed by atoms with van der Waals surface area (Å²) in [5, 5.41) is 0. The summed E-state index contributed by atoms with van der Waals surface area (Å²) in [5.74, 6) is 6.65. The molecule has 1 aromatic carbocycles. The SMILES string of the molecule is CSc1ccccc1C(CCC1CC1)NN. The second kappa shape index (κ2) is 5.71. The van der Waals surface area contributed by atoms with Crippen LogP contribution in [0.2, 0.25) is 0 Å². The predicted molar refractivity (Wildman–Crippen MR) is 70.2 cm³/mol. The number of rotatable bonds is 6. The van der Waals surface area contributed by atoms with E-state index in [0.717, 1.165) is 12.3 Å². The molecule has 1 aliphatic carbocycles. The molecular formula is C13H20N2S. The highest BCUT2D eigenvalue weighted by Gasteiger charge is 2.23. The first-order valence-corrected chi connectivity index (χ1v) is 7.16. The lowest BCUT2D eigenvalue weighted by molar-refractivity contribution is 0.476. The Kier molecular flexibility index (Phi) is 4.27. The monoisotopic (exact) mass is 236 g/mol. The van der Waals surface area contributed by atoms with E-state index >= 15 is 0 Å². The maximum Gasteiger partial charge on any atom is 0.0471 e. The summed E-state index contributed by atoms with van der Waals surface area (Å²) >= 11 is 1.79. The molecular weight excluding hydrogens is 216 g/mol. The maximum absolute atomic E-state index is 5.68. The van der Waals surface area contributed by atoms with Crippen molar-refractivity contribution < 1.29 is 0 Å². The van der Waals surface area contributed by atoms with Gasteiger partial charge in [-0.15, -0.1) is 11.8 Å². The van der Waals surface area contributed by atoms with Crippen molar-refractivity contribution in [1.29, 1.82) is 0 Å². The lowest BCUT2D eigenvalue weighted by Gasteiger charge is -2.18. The molecule has 1 aliphatic rings. The van der Waals surface area contributed by atoms with E-state index in [9.17, 15) is 0 Å². The highest BCUT2D eigenvalue weighted by molar-refractivity contribution is 7.98. The minimum Gasteiger partial charge on any atom is -0.271 e. The average molecular weight is 236 g/mol. The molecule has 2 rings (SSSR count). The van der Waals surface area contributed by atoms with Crippen LogP contribution < -0.4 is 11.3 Å². The third-order valence-corrected chi connectivity index (χ3v) is 4.09. The largest absolute Gasteiger partial charge is 0.271 e. The van der Waals surface area contributed by atoms with E-state index in [1.807, 2.05) is 0 Å². The zero-order chi connectivity index (χ0) is 11.4. The summed E-state index contributed by atoms with van der Waals surface area (Å²) in [6.45, 7) is 0. The first kappa shape index (κ1) is 12.0. The standard InChI is InChI=1S/C13H20N2S/c1-16-13-5-3-2-4-11(13)12(15-14)9-8-10-6-7-10/h2-5,10,12,15H,6-9,14H2,1H3. The Morgan fingerprint density at radius 3 is 2.81 bits per heavy atom. The molecule has 0 radical (unpaired) electrons. The van der Waals surface area contributed by atoms with Crippen molar-refractivity contribution in [2.24, 2.45) is 11.8 Å². The first-order valence-electron chi connectivity index (χ1n) is 5.94. The van der Waals surface area contributed by atoms with E-state index in [4.69, 9.17) is 5.84 Å². The van der Waals surface area contributed by atoms with Gasteiger partial charge in [0.15, 0.2) is 0 Å². The van der Waals surface area contributed by atoms with Gasteiger partial charge in [0.2, 0.25) is 0 Å². The minimum absolute atomic E-state index is 0.309. The summed E-state index contributed by atoms with van der Waals surface area (Å²) in [6.07, 6.45) is 7.41. The van der Waals surface area contributed by atoms with Crippen molar-refractivity contribution in [1.82, 2.24) is 5.43 Å². The first-order chi connectivity index (χ1) is 7.85. The smallest absolute Gasteiger partial charge is 0.0471 e. The van der Waals surface area contributed by atoms with E-state index in [0.29, 0.717) is 6.04 Å². The van der Waals surface area contributed by atoms with Crippen LogP contribution in [0.5, 0.6) is 0 Å². The highest BCUT2D eigenvalue weighted by Crippen LogP contribution is 2.37. The Labute approximate surface area is 102 Å². The van der Waals surface area contributed by atoms with Gasteiger partial charge in [-0.3, -0.25) is 11.3 Å². The lowest BCUT2D eigenvalue weighted by Crippen LogP contribution is -2.28. The second-order valence-electron chi connectivity index (χ2n) is 4.48. The molecule has 0 heterocycles. The normalized spacial score (nSPS) is 17.4. The number of hydrogen-bond acceptors (Lipinski definition) is 3. The van der Waals surface area contributed by atoms with Gasteiger partial charge < -0.3 is 0 Å².